The molecule has 0 aliphatic carbocycles. The van der Waals surface area contributed by atoms with Crippen LogP contribution in [0.15, 0.2) is 6.20 Å². The Morgan fingerprint density at radius 2 is 2.05 bits per heavy atom. The highest BCUT2D eigenvalue weighted by Gasteiger charge is 2.20. The van der Waals surface area contributed by atoms with Crippen LogP contribution >= 0.6 is 0 Å². The number of hydrogen-bond donors (Lipinski definition) is 1. The first-order valence-corrected chi connectivity index (χ1v) is 7.69. The minimum Gasteiger partial charge on any atom is -0.493 e. The molecule has 1 aromatic rings. The molecule has 1 atom stereocenters. The molecule has 1 N–H and O–H groups in total. The molecule has 1 heterocycles. The van der Waals surface area contributed by atoms with Crippen LogP contribution in [0.4, 0.5) is 0 Å². The smallest absolute Gasteiger partial charge is 0.161 e. The number of nitrogens with zero attached hydrogens (tertiary/aromatic N) is 2. The largest absolute Gasteiger partial charge is 0.493 e. The lowest BCUT2D eigenvalue weighted by Crippen LogP contribution is -2.26. The molecule has 0 bridgehead atoms. The monoisotopic (exact) mass is 283 g/mol. The minimum atomic E-state index is 0.223. The molecule has 0 spiro atoms. The van der Waals surface area contributed by atoms with Crippen LogP contribution in [0.5, 0.6) is 5.75 Å². The molecule has 1 aromatic heterocycles. The van der Waals surface area contributed by atoms with Crippen LogP contribution in [0.2, 0.25) is 0 Å². The summed E-state index contributed by atoms with van der Waals surface area (Å²) >= 11 is 0. The maximum atomic E-state index is 5.62. The molecule has 20 heavy (non-hydrogen) atoms. The first-order chi connectivity index (χ1) is 9.78. The standard InChI is InChI=1S/C15H29N3O2/c1-5-9-18-15(14(19-4)12-17-18)13(16-7-3)8-11-20-10-6-2/h12-13,16H,5-11H2,1-4H3. The van der Waals surface area contributed by atoms with Gasteiger partial charge in [-0.1, -0.05) is 20.8 Å². The second-order valence-electron chi connectivity index (χ2n) is 4.83. The molecular formula is C15H29N3O2. The summed E-state index contributed by atoms with van der Waals surface area (Å²) in [6.07, 6.45) is 4.85. The zero-order valence-corrected chi connectivity index (χ0v) is 13.3. The molecule has 116 valence electrons. The molecular weight excluding hydrogens is 254 g/mol. The minimum absolute atomic E-state index is 0.223. The van der Waals surface area contributed by atoms with Crippen LogP contribution < -0.4 is 10.1 Å². The van der Waals surface area contributed by atoms with Crippen molar-refractivity contribution >= 4 is 0 Å². The van der Waals surface area contributed by atoms with Crippen LogP contribution in [0, 0.1) is 0 Å². The van der Waals surface area contributed by atoms with E-state index >= 15 is 0 Å². The van der Waals surface area contributed by atoms with E-state index < -0.39 is 0 Å². The van der Waals surface area contributed by atoms with Gasteiger partial charge in [0.1, 0.15) is 0 Å². The molecule has 0 amide bonds. The number of aromatic nitrogens is 2. The van der Waals surface area contributed by atoms with Crippen molar-refractivity contribution in [2.45, 2.75) is 52.6 Å². The molecule has 0 aliphatic rings. The Balaban J connectivity index is 2.79. The van der Waals surface area contributed by atoms with Crippen LogP contribution in [0.25, 0.3) is 0 Å². The van der Waals surface area contributed by atoms with Gasteiger partial charge in [0.15, 0.2) is 5.75 Å². The predicted molar refractivity (Wildman–Crippen MR) is 81.2 cm³/mol. The normalized spacial score (nSPS) is 12.6. The van der Waals surface area contributed by atoms with Gasteiger partial charge in [0.05, 0.1) is 25.0 Å². The second kappa shape index (κ2) is 9.77. The van der Waals surface area contributed by atoms with Crippen LogP contribution in [-0.2, 0) is 11.3 Å². The van der Waals surface area contributed by atoms with Crippen molar-refractivity contribution in [2.24, 2.45) is 0 Å². The second-order valence-corrected chi connectivity index (χ2v) is 4.83. The Labute approximate surface area is 122 Å². The van der Waals surface area contributed by atoms with Gasteiger partial charge < -0.3 is 14.8 Å². The number of methoxy groups -OCH3 is 1. The number of hydrogen-bond acceptors (Lipinski definition) is 4. The Bertz CT molecular complexity index is 366. The van der Waals surface area contributed by atoms with E-state index in [1.54, 1.807) is 7.11 Å². The van der Waals surface area contributed by atoms with E-state index in [0.717, 1.165) is 57.0 Å². The summed E-state index contributed by atoms with van der Waals surface area (Å²) in [6, 6.07) is 0.223. The molecule has 0 saturated heterocycles. The summed E-state index contributed by atoms with van der Waals surface area (Å²) in [4.78, 5) is 0. The molecule has 5 nitrogen and oxygen atoms in total. The quantitative estimate of drug-likeness (QED) is 0.634. The zero-order chi connectivity index (χ0) is 14.8. The van der Waals surface area contributed by atoms with Gasteiger partial charge in [0, 0.05) is 19.8 Å². The van der Waals surface area contributed by atoms with Gasteiger partial charge in [-0.2, -0.15) is 5.10 Å². The predicted octanol–water partition coefficient (Wildman–Crippen LogP) is 2.77. The van der Waals surface area contributed by atoms with Crippen molar-refractivity contribution in [3.8, 4) is 5.75 Å². The Morgan fingerprint density at radius 1 is 1.25 bits per heavy atom. The fourth-order valence-corrected chi connectivity index (χ4v) is 2.31. The molecule has 0 aromatic carbocycles. The molecule has 1 unspecified atom stereocenters. The van der Waals surface area contributed by atoms with E-state index in [0.29, 0.717) is 0 Å². The third-order valence-electron chi connectivity index (χ3n) is 3.18. The Kier molecular flexibility index (Phi) is 8.30. The van der Waals surface area contributed by atoms with Gasteiger partial charge in [0.25, 0.3) is 0 Å². The fourth-order valence-electron chi connectivity index (χ4n) is 2.31. The number of aryl methyl sites for hydroxylation is 1. The first kappa shape index (κ1) is 17.0. The third-order valence-corrected chi connectivity index (χ3v) is 3.18. The van der Waals surface area contributed by atoms with Crippen molar-refractivity contribution in [1.82, 2.24) is 15.1 Å². The average molecular weight is 283 g/mol. The highest BCUT2D eigenvalue weighted by Crippen LogP contribution is 2.27. The molecule has 0 aliphatic heterocycles. The summed E-state index contributed by atoms with van der Waals surface area (Å²) in [5.74, 6) is 0.861. The van der Waals surface area contributed by atoms with E-state index in [1.807, 2.05) is 10.9 Å². The topological polar surface area (TPSA) is 48.3 Å². The lowest BCUT2D eigenvalue weighted by Gasteiger charge is -2.20. The van der Waals surface area contributed by atoms with Crippen LogP contribution in [0.3, 0.4) is 0 Å². The summed E-state index contributed by atoms with van der Waals surface area (Å²) < 4.78 is 13.1. The van der Waals surface area contributed by atoms with E-state index in [-0.39, 0.29) is 6.04 Å². The van der Waals surface area contributed by atoms with E-state index in [1.165, 1.54) is 0 Å². The van der Waals surface area contributed by atoms with Crippen molar-refractivity contribution < 1.29 is 9.47 Å². The third kappa shape index (κ3) is 4.80. The maximum Gasteiger partial charge on any atom is 0.161 e. The van der Waals surface area contributed by atoms with E-state index in [9.17, 15) is 0 Å². The highest BCUT2D eigenvalue weighted by atomic mass is 16.5. The fraction of sp³-hybridized carbons (Fsp3) is 0.800. The number of ether oxygens (including phenoxy) is 2. The SMILES string of the molecule is CCCOCCC(NCC)c1c(OC)cnn1CCC. The van der Waals surface area contributed by atoms with Gasteiger partial charge in [-0.15, -0.1) is 0 Å². The van der Waals surface area contributed by atoms with Gasteiger partial charge in [0.2, 0.25) is 0 Å². The van der Waals surface area contributed by atoms with Crippen molar-refractivity contribution in [3.05, 3.63) is 11.9 Å². The van der Waals surface area contributed by atoms with Gasteiger partial charge in [-0.05, 0) is 25.8 Å². The molecule has 1 rings (SSSR count). The lowest BCUT2D eigenvalue weighted by molar-refractivity contribution is 0.123. The van der Waals surface area contributed by atoms with Crippen LogP contribution in [-0.4, -0.2) is 36.6 Å². The van der Waals surface area contributed by atoms with Crippen LogP contribution in [0.1, 0.15) is 51.8 Å². The van der Waals surface area contributed by atoms with Gasteiger partial charge >= 0.3 is 0 Å². The summed E-state index contributed by atoms with van der Waals surface area (Å²) in [5.41, 5.74) is 1.14. The Hall–Kier alpha value is -1.07. The number of nitrogens with one attached hydrogen (secondary N) is 1. The van der Waals surface area contributed by atoms with Crippen molar-refractivity contribution in [3.63, 3.8) is 0 Å². The highest BCUT2D eigenvalue weighted by molar-refractivity contribution is 5.28. The molecule has 5 heteroatoms. The van der Waals surface area contributed by atoms with E-state index in [4.69, 9.17) is 9.47 Å². The molecule has 0 saturated carbocycles. The summed E-state index contributed by atoms with van der Waals surface area (Å²) in [7, 11) is 1.70. The van der Waals surface area contributed by atoms with E-state index in [2.05, 4.69) is 31.2 Å². The average Bonchev–Trinajstić information content (AvgIpc) is 2.85. The zero-order valence-electron chi connectivity index (χ0n) is 13.3. The lowest BCUT2D eigenvalue weighted by atomic mass is 10.1. The van der Waals surface area contributed by atoms with Crippen molar-refractivity contribution in [2.75, 3.05) is 26.9 Å². The van der Waals surface area contributed by atoms with Gasteiger partial charge in [-0.25, -0.2) is 0 Å². The summed E-state index contributed by atoms with van der Waals surface area (Å²) in [5, 5.41) is 7.95. The summed E-state index contributed by atoms with van der Waals surface area (Å²) in [6.45, 7) is 9.81. The first-order valence-electron chi connectivity index (χ1n) is 7.69. The Morgan fingerprint density at radius 3 is 2.65 bits per heavy atom. The van der Waals surface area contributed by atoms with Crippen molar-refractivity contribution in [1.29, 1.82) is 0 Å². The number of rotatable bonds is 11. The maximum absolute atomic E-state index is 5.62. The molecule has 0 radical (unpaired) electrons. The van der Waals surface area contributed by atoms with Gasteiger partial charge in [-0.3, -0.25) is 4.68 Å². The molecule has 0 fully saturated rings.